The molecule has 0 saturated carbocycles. The fourth-order valence-corrected chi connectivity index (χ4v) is 3.36. The Labute approximate surface area is 125 Å². The number of benzene rings is 1. The van der Waals surface area contributed by atoms with Gasteiger partial charge in [-0.2, -0.15) is 0 Å². The van der Waals surface area contributed by atoms with E-state index >= 15 is 0 Å². The number of fused-ring (bicyclic) bond motifs is 1. The van der Waals surface area contributed by atoms with Crippen molar-refractivity contribution < 1.29 is 4.74 Å². The second-order valence-corrected chi connectivity index (χ2v) is 6.72. The van der Waals surface area contributed by atoms with Gasteiger partial charge in [-0.15, -0.1) is 0 Å². The smallest absolute Gasteiger partial charge is 0.125 e. The summed E-state index contributed by atoms with van der Waals surface area (Å²) in [5, 5.41) is 3.43. The largest absolute Gasteiger partial charge is 0.493 e. The Morgan fingerprint density at radius 3 is 2.84 bits per heavy atom. The van der Waals surface area contributed by atoms with Gasteiger partial charge in [0.1, 0.15) is 5.75 Å². The van der Waals surface area contributed by atoms with Gasteiger partial charge in [-0.1, -0.05) is 29.8 Å². The summed E-state index contributed by atoms with van der Waals surface area (Å²) in [5.74, 6) is 1.88. The number of halogens is 1. The zero-order valence-electron chi connectivity index (χ0n) is 12.1. The summed E-state index contributed by atoms with van der Waals surface area (Å²) < 4.78 is 6.97. The second kappa shape index (κ2) is 6.76. The predicted molar refractivity (Wildman–Crippen MR) is 84.0 cm³/mol. The third kappa shape index (κ3) is 3.96. The predicted octanol–water partition coefficient (Wildman–Crippen LogP) is 3.95. The molecule has 0 aliphatic carbocycles. The van der Waals surface area contributed by atoms with E-state index in [4.69, 9.17) is 4.74 Å². The summed E-state index contributed by atoms with van der Waals surface area (Å²) in [4.78, 5) is 0. The van der Waals surface area contributed by atoms with Crippen molar-refractivity contribution in [2.45, 2.75) is 45.6 Å². The van der Waals surface area contributed by atoms with Crippen LogP contribution in [-0.2, 0) is 12.8 Å². The molecule has 0 saturated heterocycles. The fraction of sp³-hybridized carbons (Fsp3) is 0.625. The number of ether oxygens (including phenoxy) is 1. The van der Waals surface area contributed by atoms with E-state index in [0.29, 0.717) is 6.04 Å². The van der Waals surface area contributed by atoms with E-state index in [9.17, 15) is 0 Å². The van der Waals surface area contributed by atoms with E-state index in [0.717, 1.165) is 31.1 Å². The lowest BCUT2D eigenvalue weighted by atomic mass is 9.96. The highest BCUT2D eigenvalue weighted by Gasteiger charge is 2.18. The van der Waals surface area contributed by atoms with Gasteiger partial charge in [0.05, 0.1) is 6.61 Å². The molecule has 2 rings (SSSR count). The first-order chi connectivity index (χ1) is 9.10. The van der Waals surface area contributed by atoms with Crippen LogP contribution in [0.25, 0.3) is 0 Å². The van der Waals surface area contributed by atoms with Crippen LogP contribution in [0.15, 0.2) is 16.6 Å². The van der Waals surface area contributed by atoms with Crippen LogP contribution in [-0.4, -0.2) is 19.7 Å². The molecule has 19 heavy (non-hydrogen) atoms. The van der Waals surface area contributed by atoms with E-state index in [-0.39, 0.29) is 0 Å². The molecule has 1 aromatic carbocycles. The van der Waals surface area contributed by atoms with Gasteiger partial charge in [-0.25, -0.2) is 0 Å². The van der Waals surface area contributed by atoms with Crippen LogP contribution in [0.2, 0.25) is 0 Å². The van der Waals surface area contributed by atoms with E-state index in [1.165, 1.54) is 28.4 Å². The van der Waals surface area contributed by atoms with Crippen LogP contribution in [0.1, 0.15) is 37.8 Å². The van der Waals surface area contributed by atoms with Crippen LogP contribution < -0.4 is 10.1 Å². The highest BCUT2D eigenvalue weighted by atomic mass is 79.9. The molecule has 1 aliphatic rings. The molecule has 1 aromatic rings. The molecule has 0 radical (unpaired) electrons. The third-order valence-electron chi connectivity index (χ3n) is 3.75. The first kappa shape index (κ1) is 14.9. The van der Waals surface area contributed by atoms with Gasteiger partial charge in [0.2, 0.25) is 0 Å². The van der Waals surface area contributed by atoms with Gasteiger partial charge in [-0.05, 0) is 55.5 Å². The zero-order valence-corrected chi connectivity index (χ0v) is 13.7. The van der Waals surface area contributed by atoms with Crippen molar-refractivity contribution in [2.24, 2.45) is 5.92 Å². The van der Waals surface area contributed by atoms with Crippen LogP contribution in [0.3, 0.4) is 0 Å². The van der Waals surface area contributed by atoms with Crippen LogP contribution in [0, 0.1) is 5.92 Å². The minimum Gasteiger partial charge on any atom is -0.493 e. The molecule has 1 heterocycles. The molecule has 106 valence electrons. The highest BCUT2D eigenvalue weighted by Crippen LogP contribution is 2.34. The van der Waals surface area contributed by atoms with E-state index < -0.39 is 0 Å². The van der Waals surface area contributed by atoms with Crippen LogP contribution in [0.4, 0.5) is 0 Å². The van der Waals surface area contributed by atoms with Crippen LogP contribution in [0.5, 0.6) is 5.75 Å². The van der Waals surface area contributed by atoms with Crippen molar-refractivity contribution in [3.05, 3.63) is 27.7 Å². The first-order valence-electron chi connectivity index (χ1n) is 7.21. The summed E-state index contributed by atoms with van der Waals surface area (Å²) in [6.45, 7) is 5.40. The standard InChI is InChI=1S/C16H24BrNO/c1-11(2)8-15(18-3)5-4-12-9-14(17)10-13-6-7-19-16(12)13/h9-11,15,18H,4-8H2,1-3H3. The number of aryl methyl sites for hydroxylation is 1. The molecule has 1 aliphatic heterocycles. The molecule has 1 N–H and O–H groups in total. The number of rotatable bonds is 6. The Kier molecular flexibility index (Phi) is 5.28. The number of hydrogen-bond acceptors (Lipinski definition) is 2. The summed E-state index contributed by atoms with van der Waals surface area (Å²) in [5.41, 5.74) is 2.71. The topological polar surface area (TPSA) is 21.3 Å². The van der Waals surface area contributed by atoms with E-state index in [1.54, 1.807) is 0 Å². The van der Waals surface area contributed by atoms with Gasteiger partial charge in [0, 0.05) is 16.9 Å². The summed E-state index contributed by atoms with van der Waals surface area (Å²) >= 11 is 3.61. The molecule has 1 atom stereocenters. The minimum absolute atomic E-state index is 0.594. The lowest BCUT2D eigenvalue weighted by molar-refractivity contribution is 0.351. The van der Waals surface area contributed by atoms with Crippen molar-refractivity contribution in [3.8, 4) is 5.75 Å². The van der Waals surface area contributed by atoms with Crippen molar-refractivity contribution >= 4 is 15.9 Å². The molecule has 0 amide bonds. The third-order valence-corrected chi connectivity index (χ3v) is 4.21. The first-order valence-corrected chi connectivity index (χ1v) is 8.00. The van der Waals surface area contributed by atoms with Gasteiger partial charge in [0.15, 0.2) is 0 Å². The monoisotopic (exact) mass is 325 g/mol. The minimum atomic E-state index is 0.594. The lowest BCUT2D eigenvalue weighted by Gasteiger charge is -2.19. The molecular formula is C16H24BrNO. The average Bonchev–Trinajstić information content (AvgIpc) is 2.81. The van der Waals surface area contributed by atoms with Crippen molar-refractivity contribution in [3.63, 3.8) is 0 Å². The Morgan fingerprint density at radius 2 is 2.16 bits per heavy atom. The van der Waals surface area contributed by atoms with E-state index in [1.807, 2.05) is 0 Å². The summed E-state index contributed by atoms with van der Waals surface area (Å²) in [6, 6.07) is 5.00. The summed E-state index contributed by atoms with van der Waals surface area (Å²) in [6.07, 6.45) is 4.53. The number of nitrogens with one attached hydrogen (secondary N) is 1. The lowest BCUT2D eigenvalue weighted by Crippen LogP contribution is -2.27. The molecule has 0 bridgehead atoms. The van der Waals surface area contributed by atoms with Gasteiger partial charge in [0.25, 0.3) is 0 Å². The summed E-state index contributed by atoms with van der Waals surface area (Å²) in [7, 11) is 2.06. The Morgan fingerprint density at radius 1 is 1.37 bits per heavy atom. The van der Waals surface area contributed by atoms with Crippen molar-refractivity contribution in [1.29, 1.82) is 0 Å². The molecule has 3 heteroatoms. The molecule has 1 unspecified atom stereocenters. The van der Waals surface area contributed by atoms with Crippen LogP contribution >= 0.6 is 15.9 Å². The molecule has 2 nitrogen and oxygen atoms in total. The number of hydrogen-bond donors (Lipinski definition) is 1. The Balaban J connectivity index is 2.03. The maximum atomic E-state index is 5.79. The van der Waals surface area contributed by atoms with Gasteiger partial charge in [-0.3, -0.25) is 0 Å². The maximum Gasteiger partial charge on any atom is 0.125 e. The van der Waals surface area contributed by atoms with Crippen molar-refractivity contribution in [1.82, 2.24) is 5.32 Å². The fourth-order valence-electron chi connectivity index (χ4n) is 2.81. The molecule has 0 spiro atoms. The van der Waals surface area contributed by atoms with Gasteiger partial charge < -0.3 is 10.1 Å². The Hall–Kier alpha value is -0.540. The highest BCUT2D eigenvalue weighted by molar-refractivity contribution is 9.10. The Bertz CT molecular complexity index is 431. The zero-order chi connectivity index (χ0) is 13.8. The quantitative estimate of drug-likeness (QED) is 0.855. The molecular weight excluding hydrogens is 302 g/mol. The SMILES string of the molecule is CNC(CCc1cc(Br)cc2c1OCC2)CC(C)C. The molecule has 0 fully saturated rings. The maximum absolute atomic E-state index is 5.79. The van der Waals surface area contributed by atoms with Gasteiger partial charge >= 0.3 is 0 Å². The average molecular weight is 326 g/mol. The van der Waals surface area contributed by atoms with Crippen molar-refractivity contribution in [2.75, 3.05) is 13.7 Å². The second-order valence-electron chi connectivity index (χ2n) is 5.81. The molecule has 0 aromatic heterocycles. The normalized spacial score (nSPS) is 15.4. The van der Waals surface area contributed by atoms with E-state index in [2.05, 4.69) is 54.3 Å².